The number of urea groups is 1. The van der Waals surface area contributed by atoms with Crippen LogP contribution in [0, 0.1) is 12.7 Å². The number of hydrogen-bond donors (Lipinski definition) is 1. The van der Waals surface area contributed by atoms with Gasteiger partial charge < -0.3 is 19.7 Å². The van der Waals surface area contributed by atoms with Gasteiger partial charge in [-0.05, 0) is 49.9 Å². The summed E-state index contributed by atoms with van der Waals surface area (Å²) in [5, 5.41) is 3.14. The summed E-state index contributed by atoms with van der Waals surface area (Å²) in [7, 11) is 1.69. The summed E-state index contributed by atoms with van der Waals surface area (Å²) in [6, 6.07) is 4.73. The van der Waals surface area contributed by atoms with Gasteiger partial charge in [0, 0.05) is 44.0 Å². The van der Waals surface area contributed by atoms with Crippen LogP contribution in [0.4, 0.5) is 14.9 Å². The van der Waals surface area contributed by atoms with Crippen molar-refractivity contribution in [3.8, 4) is 0 Å². The molecule has 2 aromatic rings. The second kappa shape index (κ2) is 7.85. The van der Waals surface area contributed by atoms with Crippen LogP contribution in [0.1, 0.15) is 29.7 Å². The monoisotopic (exact) mass is 399 g/mol. The van der Waals surface area contributed by atoms with E-state index in [9.17, 15) is 14.0 Å². The largest absolute Gasteiger partial charge is 0.369 e. The lowest BCUT2D eigenvalue weighted by atomic mass is 10.0. The quantitative estimate of drug-likeness (QED) is 0.838. The van der Waals surface area contributed by atoms with Gasteiger partial charge in [0.05, 0.1) is 18.6 Å². The number of nitrogens with zero attached hydrogens (tertiary/aromatic N) is 4. The number of aromatic nitrogens is 2. The van der Waals surface area contributed by atoms with E-state index in [0.717, 1.165) is 30.6 Å². The molecule has 2 aliphatic rings. The maximum absolute atomic E-state index is 13.4. The van der Waals surface area contributed by atoms with Gasteiger partial charge in [0.1, 0.15) is 5.82 Å². The van der Waals surface area contributed by atoms with Crippen LogP contribution in [-0.4, -0.2) is 46.2 Å². The zero-order valence-corrected chi connectivity index (χ0v) is 16.8. The normalized spacial score (nSPS) is 19.1. The van der Waals surface area contributed by atoms with Gasteiger partial charge in [0.2, 0.25) is 0 Å². The molecular weight excluding hydrogens is 373 g/mol. The minimum Gasteiger partial charge on any atom is -0.369 e. The molecule has 4 rings (SSSR count). The fraction of sp³-hybridized carbons (Fsp3) is 0.476. The first kappa shape index (κ1) is 19.4. The molecule has 0 aliphatic carbocycles. The van der Waals surface area contributed by atoms with Crippen molar-refractivity contribution in [1.29, 1.82) is 0 Å². The molecule has 1 aromatic heterocycles. The Labute approximate surface area is 169 Å². The number of nitrogens with one attached hydrogen (secondary N) is 1. The number of rotatable bonds is 2. The van der Waals surface area contributed by atoms with E-state index in [4.69, 9.17) is 0 Å². The SMILES string of the molecule is Cc1cc(F)ccc1N1CCCC(NC(=O)N2CCc3c(ncn(C)c3=O)C2)C1. The average Bonchev–Trinajstić information content (AvgIpc) is 2.71. The summed E-state index contributed by atoms with van der Waals surface area (Å²) < 4.78 is 14.9. The predicted octanol–water partition coefficient (Wildman–Crippen LogP) is 1.96. The lowest BCUT2D eigenvalue weighted by Gasteiger charge is -2.37. The van der Waals surface area contributed by atoms with Gasteiger partial charge in [-0.2, -0.15) is 0 Å². The molecule has 1 N–H and O–H groups in total. The maximum Gasteiger partial charge on any atom is 0.318 e. The Morgan fingerprint density at radius 1 is 1.31 bits per heavy atom. The van der Waals surface area contributed by atoms with E-state index in [2.05, 4.69) is 15.2 Å². The third-order valence-electron chi connectivity index (χ3n) is 5.82. The van der Waals surface area contributed by atoms with Crippen molar-refractivity contribution < 1.29 is 9.18 Å². The number of benzene rings is 1. The number of amides is 2. The average molecular weight is 399 g/mol. The van der Waals surface area contributed by atoms with Crippen molar-refractivity contribution in [2.75, 3.05) is 24.5 Å². The van der Waals surface area contributed by atoms with E-state index in [1.165, 1.54) is 17.0 Å². The van der Waals surface area contributed by atoms with E-state index in [0.29, 0.717) is 37.3 Å². The zero-order valence-electron chi connectivity index (χ0n) is 16.8. The van der Waals surface area contributed by atoms with Crippen molar-refractivity contribution in [3.05, 3.63) is 57.5 Å². The molecule has 1 unspecified atom stereocenters. The number of carbonyl (C=O) groups excluding carboxylic acids is 1. The minimum absolute atomic E-state index is 0.0266. The van der Waals surface area contributed by atoms with Crippen molar-refractivity contribution >= 4 is 11.7 Å². The molecule has 2 amide bonds. The van der Waals surface area contributed by atoms with Crippen molar-refractivity contribution in [1.82, 2.24) is 19.8 Å². The summed E-state index contributed by atoms with van der Waals surface area (Å²) in [6.07, 6.45) is 3.90. The Bertz CT molecular complexity index is 990. The van der Waals surface area contributed by atoms with Crippen LogP contribution in [0.15, 0.2) is 29.3 Å². The highest BCUT2D eigenvalue weighted by atomic mass is 19.1. The number of hydrogen-bond acceptors (Lipinski definition) is 4. The van der Waals surface area contributed by atoms with Gasteiger partial charge in [0.25, 0.3) is 5.56 Å². The predicted molar refractivity (Wildman–Crippen MR) is 108 cm³/mol. The maximum atomic E-state index is 13.4. The Hall–Kier alpha value is -2.90. The zero-order chi connectivity index (χ0) is 20.5. The molecule has 0 spiro atoms. The van der Waals surface area contributed by atoms with E-state index < -0.39 is 0 Å². The van der Waals surface area contributed by atoms with Crippen LogP contribution in [-0.2, 0) is 20.0 Å². The topological polar surface area (TPSA) is 70.5 Å². The number of halogens is 1. The van der Waals surface area contributed by atoms with Crippen LogP contribution >= 0.6 is 0 Å². The first-order valence-electron chi connectivity index (χ1n) is 10.0. The summed E-state index contributed by atoms with van der Waals surface area (Å²) in [5.41, 5.74) is 3.26. The lowest BCUT2D eigenvalue weighted by molar-refractivity contribution is 0.185. The molecule has 1 fully saturated rings. The molecule has 1 aromatic carbocycles. The molecule has 1 saturated heterocycles. The molecular formula is C21H26FN5O2. The number of aryl methyl sites for hydroxylation is 2. The molecule has 154 valence electrons. The van der Waals surface area contributed by atoms with Crippen molar-refractivity contribution in [2.24, 2.45) is 7.05 Å². The Balaban J connectivity index is 1.40. The van der Waals surface area contributed by atoms with Crippen molar-refractivity contribution in [3.63, 3.8) is 0 Å². The molecule has 7 nitrogen and oxygen atoms in total. The Morgan fingerprint density at radius 3 is 2.93 bits per heavy atom. The van der Waals surface area contributed by atoms with Gasteiger partial charge in [-0.3, -0.25) is 4.79 Å². The van der Waals surface area contributed by atoms with Gasteiger partial charge in [0.15, 0.2) is 0 Å². The number of carbonyl (C=O) groups is 1. The Morgan fingerprint density at radius 2 is 2.14 bits per heavy atom. The standard InChI is InChI=1S/C21H26FN5O2/c1-14-10-15(22)5-6-19(14)26-8-3-4-16(11-26)24-21(29)27-9-7-17-18(12-27)23-13-25(2)20(17)28/h5-6,10,13,16H,3-4,7-9,11-12H2,1-2H3,(H,24,29). The van der Waals surface area contributed by atoms with Crippen LogP contribution in [0.2, 0.25) is 0 Å². The summed E-state index contributed by atoms with van der Waals surface area (Å²) in [6.45, 7) is 4.35. The molecule has 3 heterocycles. The van der Waals surface area contributed by atoms with Gasteiger partial charge in [-0.1, -0.05) is 0 Å². The lowest BCUT2D eigenvalue weighted by Crippen LogP contribution is -2.53. The van der Waals surface area contributed by atoms with Crippen LogP contribution < -0.4 is 15.8 Å². The molecule has 2 aliphatic heterocycles. The van der Waals surface area contributed by atoms with E-state index in [-0.39, 0.29) is 23.4 Å². The highest BCUT2D eigenvalue weighted by molar-refractivity contribution is 5.75. The molecule has 0 bridgehead atoms. The van der Waals surface area contributed by atoms with E-state index in [1.54, 1.807) is 18.0 Å². The fourth-order valence-corrected chi connectivity index (χ4v) is 4.24. The first-order valence-corrected chi connectivity index (χ1v) is 10.0. The number of fused-ring (bicyclic) bond motifs is 1. The van der Waals surface area contributed by atoms with Crippen LogP contribution in [0.3, 0.4) is 0 Å². The third kappa shape index (κ3) is 3.97. The van der Waals surface area contributed by atoms with Crippen LogP contribution in [0.5, 0.6) is 0 Å². The second-order valence-corrected chi connectivity index (χ2v) is 7.92. The van der Waals surface area contributed by atoms with Crippen molar-refractivity contribution in [2.45, 2.75) is 38.8 Å². The third-order valence-corrected chi connectivity index (χ3v) is 5.82. The highest BCUT2D eigenvalue weighted by Crippen LogP contribution is 2.25. The van der Waals surface area contributed by atoms with E-state index in [1.807, 2.05) is 13.0 Å². The van der Waals surface area contributed by atoms with E-state index >= 15 is 0 Å². The number of anilines is 1. The smallest absolute Gasteiger partial charge is 0.318 e. The molecule has 29 heavy (non-hydrogen) atoms. The van der Waals surface area contributed by atoms with Gasteiger partial charge in [-0.25, -0.2) is 14.2 Å². The first-order chi connectivity index (χ1) is 13.9. The number of piperidine rings is 1. The van der Waals surface area contributed by atoms with Gasteiger partial charge >= 0.3 is 6.03 Å². The molecule has 1 atom stereocenters. The molecule has 0 radical (unpaired) electrons. The molecule has 8 heteroatoms. The fourth-order valence-electron chi connectivity index (χ4n) is 4.24. The Kier molecular flexibility index (Phi) is 5.25. The summed E-state index contributed by atoms with van der Waals surface area (Å²) >= 11 is 0. The van der Waals surface area contributed by atoms with Gasteiger partial charge in [-0.15, -0.1) is 0 Å². The summed E-state index contributed by atoms with van der Waals surface area (Å²) in [4.78, 5) is 33.3. The minimum atomic E-state index is -0.234. The second-order valence-electron chi connectivity index (χ2n) is 7.92. The summed E-state index contributed by atoms with van der Waals surface area (Å²) in [5.74, 6) is -0.234. The van der Waals surface area contributed by atoms with Crippen LogP contribution in [0.25, 0.3) is 0 Å². The highest BCUT2D eigenvalue weighted by Gasteiger charge is 2.28. The molecule has 0 saturated carbocycles.